The van der Waals surface area contributed by atoms with E-state index in [0.29, 0.717) is 0 Å². The summed E-state index contributed by atoms with van der Waals surface area (Å²) in [6.45, 7) is 1.06. The summed E-state index contributed by atoms with van der Waals surface area (Å²) >= 11 is 5.32. The van der Waals surface area contributed by atoms with Crippen molar-refractivity contribution in [3.8, 4) is 0 Å². The number of hydrogen-bond donors (Lipinski definition) is 0. The Morgan fingerprint density at radius 3 is 3.40 bits per heavy atom. The van der Waals surface area contributed by atoms with Crippen LogP contribution in [0.5, 0.6) is 0 Å². The molecule has 0 spiro atoms. The van der Waals surface area contributed by atoms with Gasteiger partial charge in [-0.05, 0) is 22.0 Å². The van der Waals surface area contributed by atoms with Crippen LogP contribution in [0.4, 0.5) is 0 Å². The number of thioether (sulfide) groups is 1. The molecule has 0 amide bonds. The molecule has 0 atom stereocenters. The summed E-state index contributed by atoms with van der Waals surface area (Å²) in [6.07, 6.45) is 0. The molecule has 4 heteroatoms. The Hall–Kier alpha value is 0.0400. The first-order valence-electron chi connectivity index (χ1n) is 3.16. The standard InChI is InChI=1S/C6H7BrN2S/c7-6-3-5-4-10-2-1-9(5)8-6/h3H,1-2,4H2. The van der Waals surface area contributed by atoms with Crippen LogP contribution in [0.1, 0.15) is 5.69 Å². The van der Waals surface area contributed by atoms with Gasteiger partial charge in [0, 0.05) is 17.2 Å². The third-order valence-corrected chi connectivity index (χ3v) is 2.89. The molecule has 54 valence electrons. The highest BCUT2D eigenvalue weighted by molar-refractivity contribution is 9.10. The van der Waals surface area contributed by atoms with Crippen molar-refractivity contribution in [3.63, 3.8) is 0 Å². The molecule has 0 fully saturated rings. The maximum atomic E-state index is 4.27. The second-order valence-electron chi connectivity index (χ2n) is 2.23. The van der Waals surface area contributed by atoms with Crippen molar-refractivity contribution in [2.24, 2.45) is 0 Å². The molecular formula is C6H7BrN2S. The van der Waals surface area contributed by atoms with E-state index < -0.39 is 0 Å². The van der Waals surface area contributed by atoms with E-state index in [0.717, 1.165) is 16.9 Å². The maximum absolute atomic E-state index is 4.27. The lowest BCUT2D eigenvalue weighted by atomic mass is 10.5. The molecule has 0 unspecified atom stereocenters. The molecule has 2 heterocycles. The first-order chi connectivity index (χ1) is 4.86. The van der Waals surface area contributed by atoms with Crippen LogP contribution in [-0.2, 0) is 12.3 Å². The van der Waals surface area contributed by atoms with Gasteiger partial charge in [0.1, 0.15) is 4.60 Å². The number of halogens is 1. The Balaban J connectivity index is 2.41. The molecule has 1 aliphatic rings. The third-order valence-electron chi connectivity index (χ3n) is 1.53. The molecule has 2 nitrogen and oxygen atoms in total. The molecule has 0 N–H and O–H groups in total. The minimum absolute atomic E-state index is 0.963. The number of aromatic nitrogens is 2. The van der Waals surface area contributed by atoms with E-state index in [4.69, 9.17) is 0 Å². The highest BCUT2D eigenvalue weighted by atomic mass is 79.9. The fourth-order valence-corrected chi connectivity index (χ4v) is 2.40. The third kappa shape index (κ3) is 1.10. The van der Waals surface area contributed by atoms with E-state index in [1.165, 1.54) is 11.4 Å². The second-order valence-corrected chi connectivity index (χ2v) is 4.15. The van der Waals surface area contributed by atoms with Gasteiger partial charge in [0.25, 0.3) is 0 Å². The normalized spacial score (nSPS) is 16.9. The predicted molar refractivity (Wildman–Crippen MR) is 46.1 cm³/mol. The number of nitrogens with zero attached hydrogens (tertiary/aromatic N) is 2. The van der Waals surface area contributed by atoms with E-state index in [1.54, 1.807) is 0 Å². The van der Waals surface area contributed by atoms with Gasteiger partial charge < -0.3 is 0 Å². The molecule has 0 radical (unpaired) electrons. The molecule has 1 aromatic rings. The van der Waals surface area contributed by atoms with Crippen molar-refractivity contribution in [2.75, 3.05) is 5.75 Å². The summed E-state index contributed by atoms with van der Waals surface area (Å²) in [5.74, 6) is 2.31. The highest BCUT2D eigenvalue weighted by Gasteiger charge is 2.10. The topological polar surface area (TPSA) is 17.8 Å². The lowest BCUT2D eigenvalue weighted by Crippen LogP contribution is -2.10. The molecule has 0 saturated heterocycles. The zero-order valence-electron chi connectivity index (χ0n) is 5.38. The average Bonchev–Trinajstić information content (AvgIpc) is 2.27. The Morgan fingerprint density at radius 2 is 2.60 bits per heavy atom. The van der Waals surface area contributed by atoms with Gasteiger partial charge in [-0.15, -0.1) is 0 Å². The molecule has 1 aromatic heterocycles. The second kappa shape index (κ2) is 2.58. The molecular weight excluding hydrogens is 212 g/mol. The lowest BCUT2D eigenvalue weighted by Gasteiger charge is -2.11. The van der Waals surface area contributed by atoms with E-state index in [2.05, 4.69) is 31.8 Å². The lowest BCUT2D eigenvalue weighted by molar-refractivity contribution is 0.629. The van der Waals surface area contributed by atoms with Gasteiger partial charge in [-0.2, -0.15) is 16.9 Å². The first-order valence-corrected chi connectivity index (χ1v) is 5.11. The number of rotatable bonds is 0. The van der Waals surface area contributed by atoms with Gasteiger partial charge in [0.05, 0.1) is 6.54 Å². The summed E-state index contributed by atoms with van der Waals surface area (Å²) in [6, 6.07) is 2.09. The molecule has 0 aliphatic carbocycles. The van der Waals surface area contributed by atoms with E-state index in [9.17, 15) is 0 Å². The van der Waals surface area contributed by atoms with Crippen LogP contribution >= 0.6 is 27.7 Å². The van der Waals surface area contributed by atoms with E-state index in [-0.39, 0.29) is 0 Å². The van der Waals surface area contributed by atoms with Gasteiger partial charge in [-0.3, -0.25) is 4.68 Å². The van der Waals surface area contributed by atoms with Gasteiger partial charge in [-0.1, -0.05) is 0 Å². The zero-order valence-corrected chi connectivity index (χ0v) is 7.78. The molecule has 0 bridgehead atoms. The number of fused-ring (bicyclic) bond motifs is 1. The van der Waals surface area contributed by atoms with Crippen LogP contribution in [0.3, 0.4) is 0 Å². The Kier molecular flexibility index (Phi) is 1.74. The molecule has 1 aliphatic heterocycles. The van der Waals surface area contributed by atoms with Crippen LogP contribution < -0.4 is 0 Å². The minimum Gasteiger partial charge on any atom is -0.267 e. The van der Waals surface area contributed by atoms with Crippen molar-refractivity contribution >= 4 is 27.7 Å². The quantitative estimate of drug-likeness (QED) is 0.663. The molecule has 0 aromatic carbocycles. The SMILES string of the molecule is Brc1cc2n(n1)CCSC2. The monoisotopic (exact) mass is 218 g/mol. The van der Waals surface area contributed by atoms with E-state index in [1.807, 2.05) is 11.8 Å². The largest absolute Gasteiger partial charge is 0.267 e. The van der Waals surface area contributed by atoms with Crippen LogP contribution in [0, 0.1) is 0 Å². The summed E-state index contributed by atoms with van der Waals surface area (Å²) in [7, 11) is 0. The minimum atomic E-state index is 0.963. The Morgan fingerprint density at radius 1 is 1.70 bits per heavy atom. The summed E-state index contributed by atoms with van der Waals surface area (Å²) in [5, 5.41) is 4.27. The van der Waals surface area contributed by atoms with Crippen molar-refractivity contribution in [3.05, 3.63) is 16.4 Å². The summed E-state index contributed by atoms with van der Waals surface area (Å²) < 4.78 is 3.03. The summed E-state index contributed by atoms with van der Waals surface area (Å²) in [5.41, 5.74) is 1.34. The van der Waals surface area contributed by atoms with Gasteiger partial charge in [0.2, 0.25) is 0 Å². The van der Waals surface area contributed by atoms with Crippen molar-refractivity contribution in [1.82, 2.24) is 9.78 Å². The van der Waals surface area contributed by atoms with Crippen LogP contribution in [0.25, 0.3) is 0 Å². The first kappa shape index (κ1) is 6.73. The fraction of sp³-hybridized carbons (Fsp3) is 0.500. The average molecular weight is 219 g/mol. The molecule has 10 heavy (non-hydrogen) atoms. The van der Waals surface area contributed by atoms with Crippen molar-refractivity contribution < 1.29 is 0 Å². The Bertz CT molecular complexity index is 222. The number of hydrogen-bond acceptors (Lipinski definition) is 2. The molecule has 0 saturated carbocycles. The number of aryl methyl sites for hydroxylation is 1. The predicted octanol–water partition coefficient (Wildman–Crippen LogP) is 1.89. The zero-order chi connectivity index (χ0) is 6.97. The molecule has 2 rings (SSSR count). The summed E-state index contributed by atoms with van der Waals surface area (Å²) in [4.78, 5) is 0. The maximum Gasteiger partial charge on any atom is 0.128 e. The van der Waals surface area contributed by atoms with Gasteiger partial charge in [-0.25, -0.2) is 0 Å². The van der Waals surface area contributed by atoms with Crippen molar-refractivity contribution in [2.45, 2.75) is 12.3 Å². The van der Waals surface area contributed by atoms with Crippen LogP contribution in [0.15, 0.2) is 10.7 Å². The van der Waals surface area contributed by atoms with Gasteiger partial charge in [0.15, 0.2) is 0 Å². The van der Waals surface area contributed by atoms with Gasteiger partial charge >= 0.3 is 0 Å². The Labute approximate surface area is 72.1 Å². The van der Waals surface area contributed by atoms with Crippen LogP contribution in [0.2, 0.25) is 0 Å². The smallest absolute Gasteiger partial charge is 0.128 e. The van der Waals surface area contributed by atoms with E-state index >= 15 is 0 Å². The van der Waals surface area contributed by atoms with Crippen LogP contribution in [-0.4, -0.2) is 15.5 Å². The highest BCUT2D eigenvalue weighted by Crippen LogP contribution is 2.21. The fourth-order valence-electron chi connectivity index (χ4n) is 1.06. The van der Waals surface area contributed by atoms with Crippen molar-refractivity contribution in [1.29, 1.82) is 0 Å².